The molecule has 1 amide bonds. The standard InChI is InChI=1S/C30H40FN3O6S/c1-21-17-28(33(41(36,37)32(2)3)19-22-9-13-26(38-4)14-10-22)29(34(21)30(35)39-5)20-40-27-15-11-23(12-16-27)24-7-6-8-25(31)18-24/h6-11,13-14,18,21,27-29H,12,15-17,19-20H2,1-5H3/t21-,27-,28+,29+/m1/s1. The summed E-state index contributed by atoms with van der Waals surface area (Å²) in [5, 5.41) is 0. The van der Waals surface area contributed by atoms with Crippen LogP contribution < -0.4 is 4.74 Å². The second kappa shape index (κ2) is 13.3. The van der Waals surface area contributed by atoms with E-state index in [9.17, 15) is 17.6 Å². The third-order valence-corrected chi connectivity index (χ3v) is 9.85. The van der Waals surface area contributed by atoms with E-state index in [0.29, 0.717) is 18.6 Å². The van der Waals surface area contributed by atoms with Crippen LogP contribution in [0.25, 0.3) is 5.57 Å². The van der Waals surface area contributed by atoms with E-state index in [1.807, 2.05) is 25.1 Å². The third-order valence-electron chi connectivity index (χ3n) is 7.93. The number of likely N-dealkylation sites (tertiary alicyclic amines) is 1. The highest BCUT2D eigenvalue weighted by molar-refractivity contribution is 7.86. The minimum Gasteiger partial charge on any atom is -0.497 e. The molecule has 4 rings (SSSR count). The minimum absolute atomic E-state index is 0.108. The zero-order valence-corrected chi connectivity index (χ0v) is 25.1. The van der Waals surface area contributed by atoms with Crippen molar-refractivity contribution in [2.75, 3.05) is 34.9 Å². The molecule has 0 aromatic heterocycles. The molecule has 1 heterocycles. The second-order valence-electron chi connectivity index (χ2n) is 10.7. The molecule has 2 aliphatic rings. The zero-order chi connectivity index (χ0) is 29.7. The molecule has 4 atom stereocenters. The monoisotopic (exact) mass is 589 g/mol. The van der Waals surface area contributed by atoms with Crippen molar-refractivity contribution in [3.63, 3.8) is 0 Å². The molecule has 1 fully saturated rings. The number of nitrogens with zero attached hydrogens (tertiary/aromatic N) is 3. The van der Waals surface area contributed by atoms with Crippen LogP contribution in [-0.4, -0.2) is 87.2 Å². The largest absolute Gasteiger partial charge is 0.497 e. The second-order valence-corrected chi connectivity index (χ2v) is 12.8. The summed E-state index contributed by atoms with van der Waals surface area (Å²) < 4.78 is 60.4. The molecular formula is C30H40FN3O6S. The average Bonchev–Trinajstić information content (AvgIpc) is 3.29. The number of carbonyl (C=O) groups is 1. The Bertz CT molecular complexity index is 1330. The van der Waals surface area contributed by atoms with Crippen LogP contribution in [0, 0.1) is 5.82 Å². The highest BCUT2D eigenvalue weighted by Gasteiger charge is 2.49. The van der Waals surface area contributed by atoms with Gasteiger partial charge >= 0.3 is 6.09 Å². The molecule has 0 spiro atoms. The van der Waals surface area contributed by atoms with Crippen molar-refractivity contribution in [1.82, 2.24) is 13.5 Å². The third kappa shape index (κ3) is 7.09. The number of rotatable bonds is 10. The van der Waals surface area contributed by atoms with Crippen LogP contribution in [0.1, 0.15) is 43.7 Å². The summed E-state index contributed by atoms with van der Waals surface area (Å²) in [5.41, 5.74) is 2.74. The predicted octanol–water partition coefficient (Wildman–Crippen LogP) is 4.69. The van der Waals surface area contributed by atoms with E-state index in [-0.39, 0.29) is 31.1 Å². The lowest BCUT2D eigenvalue weighted by molar-refractivity contribution is 0.000117. The fraction of sp³-hybridized carbons (Fsp3) is 0.500. The molecule has 1 aliphatic carbocycles. The lowest BCUT2D eigenvalue weighted by Gasteiger charge is -2.36. The van der Waals surface area contributed by atoms with E-state index in [1.54, 1.807) is 30.2 Å². The lowest BCUT2D eigenvalue weighted by Crippen LogP contribution is -2.53. The molecule has 0 bridgehead atoms. The highest BCUT2D eigenvalue weighted by Crippen LogP contribution is 2.34. The van der Waals surface area contributed by atoms with E-state index in [4.69, 9.17) is 14.2 Å². The maximum atomic E-state index is 13.7. The Kier molecular flexibility index (Phi) is 10.1. The summed E-state index contributed by atoms with van der Waals surface area (Å²) in [4.78, 5) is 14.5. The van der Waals surface area contributed by atoms with Crippen LogP contribution in [0.3, 0.4) is 0 Å². The van der Waals surface area contributed by atoms with Crippen molar-refractivity contribution in [3.8, 4) is 5.75 Å². The Labute approximate surface area is 242 Å². The van der Waals surface area contributed by atoms with Gasteiger partial charge in [-0.2, -0.15) is 17.0 Å². The maximum absolute atomic E-state index is 13.7. The summed E-state index contributed by atoms with van der Waals surface area (Å²) in [6, 6.07) is 12.5. The van der Waals surface area contributed by atoms with E-state index in [2.05, 4.69) is 6.08 Å². The first-order chi connectivity index (χ1) is 19.5. The van der Waals surface area contributed by atoms with Gasteiger partial charge in [-0.15, -0.1) is 0 Å². The van der Waals surface area contributed by atoms with Crippen molar-refractivity contribution in [2.45, 2.75) is 63.4 Å². The number of hydrogen-bond donors (Lipinski definition) is 0. The molecule has 9 nitrogen and oxygen atoms in total. The first-order valence-electron chi connectivity index (χ1n) is 13.8. The number of amides is 1. The van der Waals surface area contributed by atoms with Gasteiger partial charge in [-0.25, -0.2) is 9.18 Å². The predicted molar refractivity (Wildman–Crippen MR) is 155 cm³/mol. The molecule has 1 saturated heterocycles. The first kappa shape index (κ1) is 31.0. The fourth-order valence-electron chi connectivity index (χ4n) is 5.69. The van der Waals surface area contributed by atoms with Crippen LogP contribution in [-0.2, 0) is 26.2 Å². The number of allylic oxidation sites excluding steroid dienone is 1. The highest BCUT2D eigenvalue weighted by atomic mass is 32.2. The Morgan fingerprint density at radius 1 is 1.12 bits per heavy atom. The van der Waals surface area contributed by atoms with Gasteiger partial charge in [0.05, 0.1) is 39.0 Å². The quantitative estimate of drug-likeness (QED) is 0.400. The number of benzene rings is 2. The van der Waals surface area contributed by atoms with Gasteiger partial charge in [0, 0.05) is 26.7 Å². The van der Waals surface area contributed by atoms with E-state index in [0.717, 1.165) is 29.5 Å². The molecule has 41 heavy (non-hydrogen) atoms. The summed E-state index contributed by atoms with van der Waals surface area (Å²) in [6.07, 6.45) is 3.99. The van der Waals surface area contributed by atoms with E-state index in [1.165, 1.54) is 41.9 Å². The smallest absolute Gasteiger partial charge is 0.410 e. The van der Waals surface area contributed by atoms with Gasteiger partial charge in [0.2, 0.25) is 0 Å². The van der Waals surface area contributed by atoms with Crippen molar-refractivity contribution in [3.05, 3.63) is 71.6 Å². The Hall–Kier alpha value is -2.99. The van der Waals surface area contributed by atoms with Gasteiger partial charge in [0.1, 0.15) is 11.6 Å². The van der Waals surface area contributed by atoms with Gasteiger partial charge in [0.15, 0.2) is 0 Å². The van der Waals surface area contributed by atoms with Crippen LogP contribution in [0.4, 0.5) is 9.18 Å². The normalized spacial score (nSPS) is 23.1. The SMILES string of the molecule is COC(=O)N1[C@H](C)C[C@H](N(Cc2ccc(OC)cc2)S(=O)(=O)N(C)C)[C@@H]1CO[C@@H]1CC=C(c2cccc(F)c2)CC1. The van der Waals surface area contributed by atoms with Crippen molar-refractivity contribution in [2.24, 2.45) is 0 Å². The lowest BCUT2D eigenvalue weighted by atomic mass is 9.92. The Morgan fingerprint density at radius 3 is 2.44 bits per heavy atom. The molecule has 2 aromatic rings. The van der Waals surface area contributed by atoms with Crippen molar-refractivity contribution >= 4 is 21.9 Å². The summed E-state index contributed by atoms with van der Waals surface area (Å²) in [6.45, 7) is 2.17. The van der Waals surface area contributed by atoms with Crippen LogP contribution in [0.15, 0.2) is 54.6 Å². The summed E-state index contributed by atoms with van der Waals surface area (Å²) in [5.74, 6) is 0.411. The van der Waals surface area contributed by atoms with E-state index < -0.39 is 28.4 Å². The summed E-state index contributed by atoms with van der Waals surface area (Å²) in [7, 11) is 2.04. The summed E-state index contributed by atoms with van der Waals surface area (Å²) >= 11 is 0. The topological polar surface area (TPSA) is 88.6 Å². The number of hydrogen-bond acceptors (Lipinski definition) is 6. The number of carbonyl (C=O) groups excluding carboxylic acids is 1. The minimum atomic E-state index is -3.87. The van der Waals surface area contributed by atoms with Gasteiger partial charge in [-0.1, -0.05) is 30.3 Å². The molecule has 0 saturated carbocycles. The molecule has 1 aliphatic heterocycles. The van der Waals surface area contributed by atoms with Crippen LogP contribution in [0.5, 0.6) is 5.75 Å². The number of methoxy groups -OCH3 is 2. The number of halogens is 1. The molecule has 11 heteroatoms. The molecule has 0 radical (unpaired) electrons. The maximum Gasteiger partial charge on any atom is 0.410 e. The Morgan fingerprint density at radius 2 is 1.85 bits per heavy atom. The average molecular weight is 590 g/mol. The number of ether oxygens (including phenoxy) is 3. The Balaban J connectivity index is 1.57. The van der Waals surface area contributed by atoms with Gasteiger partial charge in [-0.05, 0) is 73.6 Å². The van der Waals surface area contributed by atoms with Crippen molar-refractivity contribution < 1.29 is 31.8 Å². The van der Waals surface area contributed by atoms with Crippen LogP contribution >= 0.6 is 0 Å². The molecule has 0 N–H and O–H groups in total. The van der Waals surface area contributed by atoms with Crippen molar-refractivity contribution in [1.29, 1.82) is 0 Å². The van der Waals surface area contributed by atoms with Crippen LogP contribution in [0.2, 0.25) is 0 Å². The van der Waals surface area contributed by atoms with Gasteiger partial charge in [-0.3, -0.25) is 4.90 Å². The van der Waals surface area contributed by atoms with E-state index >= 15 is 0 Å². The zero-order valence-electron chi connectivity index (χ0n) is 24.3. The first-order valence-corrected chi connectivity index (χ1v) is 15.2. The molecule has 0 unspecified atom stereocenters. The molecular weight excluding hydrogens is 549 g/mol. The van der Waals surface area contributed by atoms with Gasteiger partial charge < -0.3 is 14.2 Å². The fourth-order valence-corrected chi connectivity index (χ4v) is 6.99. The molecule has 224 valence electrons. The van der Waals surface area contributed by atoms with Gasteiger partial charge in [0.25, 0.3) is 10.2 Å². The molecule has 2 aromatic carbocycles.